The highest BCUT2D eigenvalue weighted by Crippen LogP contribution is 2.06. The summed E-state index contributed by atoms with van der Waals surface area (Å²) in [6.07, 6.45) is 9.19. The summed E-state index contributed by atoms with van der Waals surface area (Å²) in [7, 11) is 1.98. The third-order valence-electron chi connectivity index (χ3n) is 5.46. The first-order valence-corrected chi connectivity index (χ1v) is 11.4. The van der Waals surface area contributed by atoms with Crippen LogP contribution in [0.3, 0.4) is 0 Å². The summed E-state index contributed by atoms with van der Waals surface area (Å²) in [5.74, 6) is 2.66. The summed E-state index contributed by atoms with van der Waals surface area (Å²) >= 11 is 0. The van der Waals surface area contributed by atoms with E-state index in [4.69, 9.17) is 9.73 Å². The molecule has 9 heteroatoms. The van der Waals surface area contributed by atoms with Gasteiger partial charge in [0.05, 0.1) is 13.2 Å². The van der Waals surface area contributed by atoms with Crippen LogP contribution in [0.1, 0.15) is 63.5 Å². The molecular weight excluding hydrogens is 493 g/mol. The van der Waals surface area contributed by atoms with Crippen molar-refractivity contribution in [2.75, 3.05) is 45.9 Å². The minimum absolute atomic E-state index is 0. The molecule has 0 atom stereocenters. The summed E-state index contributed by atoms with van der Waals surface area (Å²) < 4.78 is 7.41. The highest BCUT2D eigenvalue weighted by molar-refractivity contribution is 14.0. The van der Waals surface area contributed by atoms with Crippen LogP contribution < -0.4 is 10.6 Å². The van der Waals surface area contributed by atoms with Crippen molar-refractivity contribution in [2.24, 2.45) is 12.0 Å². The van der Waals surface area contributed by atoms with Crippen LogP contribution in [-0.2, 0) is 18.3 Å². The van der Waals surface area contributed by atoms with Gasteiger partial charge in [-0.2, -0.15) is 0 Å². The molecule has 0 unspecified atom stereocenters. The number of nitrogens with one attached hydrogen (secondary N) is 2. The number of aryl methyl sites for hydroxylation is 1. The predicted octanol–water partition coefficient (Wildman–Crippen LogP) is 2.86. The van der Waals surface area contributed by atoms with E-state index in [1.165, 1.54) is 44.9 Å². The normalized spacial score (nSPS) is 15.1. The number of morpholine rings is 1. The Bertz CT molecular complexity index is 588. The average Bonchev–Trinajstić information content (AvgIpc) is 3.06. The molecule has 0 amide bonds. The van der Waals surface area contributed by atoms with Gasteiger partial charge in [-0.3, -0.25) is 4.90 Å². The molecule has 1 aliphatic rings. The topological polar surface area (TPSA) is 79.6 Å². The summed E-state index contributed by atoms with van der Waals surface area (Å²) in [5, 5.41) is 15.3. The van der Waals surface area contributed by atoms with E-state index in [2.05, 4.69) is 32.7 Å². The van der Waals surface area contributed by atoms with Gasteiger partial charge in [0.1, 0.15) is 12.4 Å². The maximum absolute atomic E-state index is 5.42. The molecule has 0 spiro atoms. The number of ether oxygens (including phenoxy) is 1. The smallest absolute Gasteiger partial charge is 0.191 e. The van der Waals surface area contributed by atoms with E-state index in [0.717, 1.165) is 63.5 Å². The maximum atomic E-state index is 5.42. The molecule has 0 bridgehead atoms. The van der Waals surface area contributed by atoms with Gasteiger partial charge in [-0.1, -0.05) is 45.4 Å². The molecule has 2 N–H and O–H groups in total. The van der Waals surface area contributed by atoms with Crippen molar-refractivity contribution in [1.29, 1.82) is 0 Å². The SMILES string of the molecule is CCCCCCCCCNC(=NCc1nnc(C)n1C)NCCN1CCOCC1.I. The van der Waals surface area contributed by atoms with Gasteiger partial charge in [0.25, 0.3) is 0 Å². The standard InChI is InChI=1S/C21H41N7O.HI/c1-4-5-6-7-8-9-10-11-22-21(23-12-13-28-14-16-29-17-15-28)24-18-20-26-25-19(2)27(20)3;/h4-18H2,1-3H3,(H2,22,23,24);1H. The number of aliphatic imine (C=N–C) groups is 1. The Morgan fingerprint density at radius 3 is 2.33 bits per heavy atom. The molecular formula is C21H42IN7O. The number of hydrogen-bond donors (Lipinski definition) is 2. The van der Waals surface area contributed by atoms with Crippen LogP contribution >= 0.6 is 24.0 Å². The zero-order valence-electron chi connectivity index (χ0n) is 19.2. The van der Waals surface area contributed by atoms with Gasteiger partial charge in [-0.25, -0.2) is 4.99 Å². The fraction of sp³-hybridized carbons (Fsp3) is 0.857. The van der Waals surface area contributed by atoms with Gasteiger partial charge in [-0.05, 0) is 13.3 Å². The van der Waals surface area contributed by atoms with Crippen LogP contribution in [0.2, 0.25) is 0 Å². The highest BCUT2D eigenvalue weighted by atomic mass is 127. The highest BCUT2D eigenvalue weighted by Gasteiger charge is 2.10. The first kappa shape index (κ1) is 27.1. The fourth-order valence-corrected chi connectivity index (χ4v) is 3.36. The summed E-state index contributed by atoms with van der Waals surface area (Å²) in [4.78, 5) is 7.16. The van der Waals surface area contributed by atoms with E-state index in [0.29, 0.717) is 6.54 Å². The van der Waals surface area contributed by atoms with E-state index < -0.39 is 0 Å². The Hall–Kier alpha value is -0.940. The number of guanidine groups is 1. The molecule has 1 aromatic rings. The first-order valence-electron chi connectivity index (χ1n) is 11.4. The van der Waals surface area contributed by atoms with Gasteiger partial charge in [-0.15, -0.1) is 34.2 Å². The molecule has 8 nitrogen and oxygen atoms in total. The van der Waals surface area contributed by atoms with Gasteiger partial charge >= 0.3 is 0 Å². The molecule has 30 heavy (non-hydrogen) atoms. The molecule has 174 valence electrons. The molecule has 2 heterocycles. The third kappa shape index (κ3) is 10.9. The van der Waals surface area contributed by atoms with Crippen molar-refractivity contribution >= 4 is 29.9 Å². The van der Waals surface area contributed by atoms with E-state index in [1.807, 2.05) is 18.5 Å². The number of hydrogen-bond acceptors (Lipinski definition) is 5. The Kier molecular flexibility index (Phi) is 15.1. The largest absolute Gasteiger partial charge is 0.379 e. The fourth-order valence-electron chi connectivity index (χ4n) is 3.36. The summed E-state index contributed by atoms with van der Waals surface area (Å²) in [6.45, 7) is 11.3. The van der Waals surface area contributed by atoms with E-state index >= 15 is 0 Å². The van der Waals surface area contributed by atoms with E-state index in [-0.39, 0.29) is 24.0 Å². The average molecular weight is 536 g/mol. The lowest BCUT2D eigenvalue weighted by Crippen LogP contribution is -2.44. The molecule has 1 saturated heterocycles. The Morgan fingerprint density at radius 1 is 1.00 bits per heavy atom. The third-order valence-corrected chi connectivity index (χ3v) is 5.46. The van der Waals surface area contributed by atoms with Crippen molar-refractivity contribution in [2.45, 2.75) is 65.3 Å². The number of halogens is 1. The van der Waals surface area contributed by atoms with Crippen LogP contribution in [0.15, 0.2) is 4.99 Å². The van der Waals surface area contributed by atoms with Gasteiger partial charge in [0, 0.05) is 39.8 Å². The maximum Gasteiger partial charge on any atom is 0.191 e. The molecule has 1 fully saturated rings. The number of unbranched alkanes of at least 4 members (excludes halogenated alkanes) is 6. The quantitative estimate of drug-likeness (QED) is 0.175. The van der Waals surface area contributed by atoms with Crippen LogP contribution in [0.4, 0.5) is 0 Å². The van der Waals surface area contributed by atoms with Gasteiger partial charge in [0.15, 0.2) is 11.8 Å². The van der Waals surface area contributed by atoms with Crippen LogP contribution in [0.25, 0.3) is 0 Å². The molecule has 0 saturated carbocycles. The minimum atomic E-state index is 0. The van der Waals surface area contributed by atoms with E-state index in [1.54, 1.807) is 0 Å². The number of nitrogens with zero attached hydrogens (tertiary/aromatic N) is 5. The zero-order valence-corrected chi connectivity index (χ0v) is 21.5. The minimum Gasteiger partial charge on any atom is -0.379 e. The Balaban J connectivity index is 0.00000450. The van der Waals surface area contributed by atoms with Crippen LogP contribution in [-0.4, -0.2) is 71.6 Å². The van der Waals surface area contributed by atoms with E-state index in [9.17, 15) is 0 Å². The molecule has 0 radical (unpaired) electrons. The zero-order chi connectivity index (χ0) is 20.7. The second-order valence-electron chi connectivity index (χ2n) is 7.82. The van der Waals surface area contributed by atoms with Crippen molar-refractivity contribution in [3.8, 4) is 0 Å². The lowest BCUT2D eigenvalue weighted by atomic mass is 10.1. The molecule has 0 aliphatic carbocycles. The molecule has 2 rings (SSSR count). The second kappa shape index (κ2) is 16.7. The lowest BCUT2D eigenvalue weighted by Gasteiger charge is -2.26. The van der Waals surface area contributed by atoms with Crippen molar-refractivity contribution < 1.29 is 4.74 Å². The monoisotopic (exact) mass is 535 g/mol. The lowest BCUT2D eigenvalue weighted by molar-refractivity contribution is 0.0389. The van der Waals surface area contributed by atoms with Gasteiger partial charge < -0.3 is 19.9 Å². The Morgan fingerprint density at radius 2 is 1.67 bits per heavy atom. The van der Waals surface area contributed by atoms with Crippen molar-refractivity contribution in [3.05, 3.63) is 11.6 Å². The van der Waals surface area contributed by atoms with Crippen molar-refractivity contribution in [1.82, 2.24) is 30.3 Å². The molecule has 0 aromatic carbocycles. The summed E-state index contributed by atoms with van der Waals surface area (Å²) in [5.41, 5.74) is 0. The predicted molar refractivity (Wildman–Crippen MR) is 134 cm³/mol. The Labute approximate surface area is 199 Å². The van der Waals surface area contributed by atoms with Crippen LogP contribution in [0.5, 0.6) is 0 Å². The first-order chi connectivity index (χ1) is 14.2. The molecule has 1 aliphatic heterocycles. The number of rotatable bonds is 13. The second-order valence-corrected chi connectivity index (χ2v) is 7.82. The van der Waals surface area contributed by atoms with Crippen LogP contribution in [0, 0.1) is 6.92 Å². The number of aromatic nitrogens is 3. The van der Waals surface area contributed by atoms with Gasteiger partial charge in [0.2, 0.25) is 0 Å². The van der Waals surface area contributed by atoms with Crippen molar-refractivity contribution in [3.63, 3.8) is 0 Å². The summed E-state index contributed by atoms with van der Waals surface area (Å²) in [6, 6.07) is 0. The molecule has 1 aromatic heterocycles.